The van der Waals surface area contributed by atoms with Crippen molar-refractivity contribution in [3.63, 3.8) is 0 Å². The van der Waals surface area contributed by atoms with Gasteiger partial charge >= 0.3 is 6.18 Å². The van der Waals surface area contributed by atoms with Crippen molar-refractivity contribution in [1.29, 1.82) is 0 Å². The molecule has 1 aliphatic heterocycles. The maximum Gasteiger partial charge on any atom is 0.410 e. The van der Waals surface area contributed by atoms with Crippen LogP contribution in [0.2, 0.25) is 0 Å². The van der Waals surface area contributed by atoms with E-state index < -0.39 is 30.1 Å². The quantitative estimate of drug-likeness (QED) is 0.512. The summed E-state index contributed by atoms with van der Waals surface area (Å²) in [4.78, 5) is 26.0. The molecule has 0 aromatic carbocycles. The third-order valence-electron chi connectivity index (χ3n) is 5.95. The Morgan fingerprint density at radius 3 is 2.79 bits per heavy atom. The lowest BCUT2D eigenvalue weighted by Crippen LogP contribution is -2.35. The number of nitrogens with one attached hydrogen (secondary N) is 2. The Morgan fingerprint density at radius 2 is 2.09 bits per heavy atom. The number of primary amides is 1. The van der Waals surface area contributed by atoms with Crippen LogP contribution in [0, 0.1) is 0 Å². The first-order chi connectivity index (χ1) is 15.7. The molecule has 174 valence electrons. The number of rotatable bonds is 4. The first-order valence-corrected chi connectivity index (χ1v) is 11.3. The predicted molar refractivity (Wildman–Crippen MR) is 114 cm³/mol. The van der Waals surface area contributed by atoms with Gasteiger partial charge in [0.15, 0.2) is 11.7 Å². The number of aromatic nitrogens is 2. The lowest BCUT2D eigenvalue weighted by atomic mass is 9.95. The number of hydrogen-bond donors (Lipinski definition) is 3. The third kappa shape index (κ3) is 3.88. The van der Waals surface area contributed by atoms with Gasteiger partial charge in [0, 0.05) is 17.4 Å². The van der Waals surface area contributed by atoms with E-state index in [0.29, 0.717) is 17.2 Å². The van der Waals surface area contributed by atoms with E-state index in [-0.39, 0.29) is 23.5 Å². The van der Waals surface area contributed by atoms with Crippen molar-refractivity contribution >= 4 is 34.0 Å². The number of halogens is 3. The van der Waals surface area contributed by atoms with Gasteiger partial charge in [-0.3, -0.25) is 9.59 Å². The molecule has 2 amide bonds. The highest BCUT2D eigenvalue weighted by Crippen LogP contribution is 2.44. The smallest absolute Gasteiger partial charge is 0.410 e. The molecule has 0 radical (unpaired) electrons. The average Bonchev–Trinajstić information content (AvgIpc) is 3.49. The summed E-state index contributed by atoms with van der Waals surface area (Å²) in [5.41, 5.74) is 6.48. The summed E-state index contributed by atoms with van der Waals surface area (Å²) in [6.45, 7) is 0. The van der Waals surface area contributed by atoms with Gasteiger partial charge in [-0.1, -0.05) is 0 Å². The van der Waals surface area contributed by atoms with Crippen molar-refractivity contribution < 1.29 is 27.2 Å². The SMILES string of the molecule is NC(=O)c1c(NC(=O)c2cc3n(n2)[C@H](C(F)(F)F)C[C@@H](c2ccco2)N3)sc2c1CCCC2. The van der Waals surface area contributed by atoms with E-state index in [4.69, 9.17) is 10.2 Å². The molecule has 0 saturated heterocycles. The third-order valence-corrected chi connectivity index (χ3v) is 7.16. The van der Waals surface area contributed by atoms with E-state index in [1.54, 1.807) is 12.1 Å². The standard InChI is InChI=1S/C21H20F3N5O3S/c22-21(23,24)15-8-11(13-5-3-7-32-13)26-16-9-12(28-29(15)16)19(31)27-20-17(18(25)30)10-4-1-2-6-14(10)33-20/h3,5,7,9,11,15,26H,1-2,4,6,8H2,(H2,25,30)(H,27,31)/t11-,15-/m0/s1. The van der Waals surface area contributed by atoms with Gasteiger partial charge in [-0.25, -0.2) is 4.68 Å². The molecule has 0 fully saturated rings. The van der Waals surface area contributed by atoms with Gasteiger partial charge < -0.3 is 20.8 Å². The number of hydrogen-bond acceptors (Lipinski definition) is 6. The number of aryl methyl sites for hydroxylation is 1. The second-order valence-corrected chi connectivity index (χ2v) is 9.20. The largest absolute Gasteiger partial charge is 0.467 e. The number of anilines is 2. The first-order valence-electron chi connectivity index (χ1n) is 10.4. The molecule has 2 aliphatic rings. The number of furan rings is 1. The summed E-state index contributed by atoms with van der Waals surface area (Å²) >= 11 is 1.28. The molecular weight excluding hydrogens is 459 g/mol. The second kappa shape index (κ2) is 7.94. The zero-order valence-electron chi connectivity index (χ0n) is 17.2. The van der Waals surface area contributed by atoms with Crippen LogP contribution in [-0.4, -0.2) is 27.8 Å². The minimum absolute atomic E-state index is 0.0516. The molecule has 3 aromatic rings. The fraction of sp³-hybridized carbons (Fsp3) is 0.381. The maximum absolute atomic E-state index is 13.8. The van der Waals surface area contributed by atoms with Gasteiger partial charge in [0.05, 0.1) is 17.9 Å². The van der Waals surface area contributed by atoms with Crippen LogP contribution >= 0.6 is 11.3 Å². The summed E-state index contributed by atoms with van der Waals surface area (Å²) in [5, 5.41) is 9.86. The Balaban J connectivity index is 1.46. The van der Waals surface area contributed by atoms with Crippen molar-refractivity contribution in [2.75, 3.05) is 10.6 Å². The van der Waals surface area contributed by atoms with Crippen molar-refractivity contribution in [2.24, 2.45) is 5.73 Å². The molecule has 5 rings (SSSR count). The molecule has 1 aliphatic carbocycles. The lowest BCUT2D eigenvalue weighted by molar-refractivity contribution is -0.174. The van der Waals surface area contributed by atoms with Crippen LogP contribution in [-0.2, 0) is 12.8 Å². The number of nitrogens with zero attached hydrogens (tertiary/aromatic N) is 2. The Kier molecular flexibility index (Phi) is 5.19. The molecule has 33 heavy (non-hydrogen) atoms. The van der Waals surface area contributed by atoms with Gasteiger partial charge in [-0.05, 0) is 43.4 Å². The fourth-order valence-electron chi connectivity index (χ4n) is 4.44. The predicted octanol–water partition coefficient (Wildman–Crippen LogP) is 4.43. The Bertz CT molecular complexity index is 1210. The summed E-state index contributed by atoms with van der Waals surface area (Å²) in [7, 11) is 0. The van der Waals surface area contributed by atoms with Crippen LogP contribution in [0.4, 0.5) is 24.0 Å². The molecule has 0 spiro atoms. The van der Waals surface area contributed by atoms with Gasteiger partial charge in [0.1, 0.15) is 16.6 Å². The van der Waals surface area contributed by atoms with Gasteiger partial charge in [-0.2, -0.15) is 18.3 Å². The van der Waals surface area contributed by atoms with Crippen LogP contribution in [0.3, 0.4) is 0 Å². The topological polar surface area (TPSA) is 115 Å². The van der Waals surface area contributed by atoms with Crippen LogP contribution in [0.15, 0.2) is 28.9 Å². The van der Waals surface area contributed by atoms with Crippen molar-refractivity contribution in [3.05, 3.63) is 51.9 Å². The number of carbonyl (C=O) groups is 2. The van der Waals surface area contributed by atoms with E-state index in [0.717, 1.165) is 34.4 Å². The highest BCUT2D eigenvalue weighted by atomic mass is 32.1. The van der Waals surface area contributed by atoms with E-state index in [1.807, 2.05) is 0 Å². The molecule has 0 bridgehead atoms. The monoisotopic (exact) mass is 479 g/mol. The van der Waals surface area contributed by atoms with Crippen molar-refractivity contribution in [2.45, 2.75) is 50.4 Å². The highest BCUT2D eigenvalue weighted by Gasteiger charge is 2.47. The number of alkyl halides is 3. The summed E-state index contributed by atoms with van der Waals surface area (Å²) < 4.78 is 47.4. The van der Waals surface area contributed by atoms with Gasteiger partial charge in [0.25, 0.3) is 11.8 Å². The van der Waals surface area contributed by atoms with Crippen molar-refractivity contribution in [1.82, 2.24) is 9.78 Å². The number of carbonyl (C=O) groups excluding carboxylic acids is 2. The van der Waals surface area contributed by atoms with Gasteiger partial charge in [-0.15, -0.1) is 11.3 Å². The second-order valence-electron chi connectivity index (χ2n) is 8.10. The minimum atomic E-state index is -4.58. The minimum Gasteiger partial charge on any atom is -0.467 e. The Labute approximate surface area is 189 Å². The van der Waals surface area contributed by atoms with Crippen LogP contribution in [0.1, 0.15) is 68.4 Å². The Hall–Kier alpha value is -3.28. The lowest BCUT2D eigenvalue weighted by Gasteiger charge is -2.32. The fourth-order valence-corrected chi connectivity index (χ4v) is 5.73. The zero-order valence-corrected chi connectivity index (χ0v) is 18.1. The molecule has 0 unspecified atom stereocenters. The molecule has 2 atom stereocenters. The molecule has 3 aromatic heterocycles. The van der Waals surface area contributed by atoms with E-state index in [9.17, 15) is 22.8 Å². The van der Waals surface area contributed by atoms with Crippen LogP contribution < -0.4 is 16.4 Å². The number of amides is 2. The number of nitrogens with two attached hydrogens (primary N) is 1. The maximum atomic E-state index is 13.8. The van der Waals surface area contributed by atoms with E-state index >= 15 is 0 Å². The first kappa shape index (κ1) is 21.6. The summed E-state index contributed by atoms with van der Waals surface area (Å²) in [5.74, 6) is -0.946. The van der Waals surface area contributed by atoms with Crippen molar-refractivity contribution in [3.8, 4) is 0 Å². The Morgan fingerprint density at radius 1 is 1.30 bits per heavy atom. The average molecular weight is 479 g/mol. The molecular formula is C21H20F3N5O3S. The number of fused-ring (bicyclic) bond motifs is 2. The number of thiophene rings is 1. The van der Waals surface area contributed by atoms with E-state index in [2.05, 4.69) is 15.7 Å². The van der Waals surface area contributed by atoms with Gasteiger partial charge in [0.2, 0.25) is 0 Å². The molecule has 4 heterocycles. The molecule has 8 nitrogen and oxygen atoms in total. The summed E-state index contributed by atoms with van der Waals surface area (Å²) in [6, 6.07) is 1.80. The molecule has 4 N–H and O–H groups in total. The zero-order chi connectivity index (χ0) is 23.3. The van der Waals surface area contributed by atoms with E-state index in [1.165, 1.54) is 23.7 Å². The highest BCUT2D eigenvalue weighted by molar-refractivity contribution is 7.17. The molecule has 12 heteroatoms. The summed E-state index contributed by atoms with van der Waals surface area (Å²) in [6.07, 6.45) is -0.129. The van der Waals surface area contributed by atoms with Crippen LogP contribution in [0.5, 0.6) is 0 Å². The van der Waals surface area contributed by atoms with Crippen LogP contribution in [0.25, 0.3) is 0 Å². The molecule has 0 saturated carbocycles. The normalized spacial score (nSPS) is 20.0.